The Balaban J connectivity index is 2.13. The van der Waals surface area contributed by atoms with Gasteiger partial charge in [-0.3, -0.25) is 0 Å². The van der Waals surface area contributed by atoms with Crippen molar-refractivity contribution in [3.05, 3.63) is 58.9 Å². The number of anilines is 1. The van der Waals surface area contributed by atoms with E-state index in [4.69, 9.17) is 11.6 Å². The van der Waals surface area contributed by atoms with Gasteiger partial charge in [0.05, 0.1) is 0 Å². The fraction of sp³-hybridized carbons (Fsp3) is 0.200. The Bertz CT molecular complexity index is 622. The van der Waals surface area contributed by atoms with Crippen LogP contribution in [0.4, 0.5) is 18.9 Å². The molecule has 2 nitrogen and oxygen atoms in total. The molecule has 0 heterocycles. The fourth-order valence-corrected chi connectivity index (χ4v) is 2.27. The minimum absolute atomic E-state index is 0.0624. The summed E-state index contributed by atoms with van der Waals surface area (Å²) in [7, 11) is 0. The van der Waals surface area contributed by atoms with Gasteiger partial charge >= 0.3 is 6.61 Å². The molecule has 0 aliphatic rings. The maximum Gasteiger partial charge on any atom is 0.387 e. The Morgan fingerprint density at radius 3 is 2.57 bits per heavy atom. The molecule has 0 saturated heterocycles. The average molecular weight is 316 g/mol. The topological polar surface area (TPSA) is 21.3 Å². The van der Waals surface area contributed by atoms with Crippen LogP contribution in [0.5, 0.6) is 5.75 Å². The van der Waals surface area contributed by atoms with E-state index in [1.807, 2.05) is 6.92 Å². The first-order valence-electron chi connectivity index (χ1n) is 6.22. The van der Waals surface area contributed by atoms with Crippen molar-refractivity contribution in [3.8, 4) is 5.75 Å². The molecule has 1 atom stereocenters. The number of hydrogen-bond donors (Lipinski definition) is 1. The van der Waals surface area contributed by atoms with Crippen molar-refractivity contribution in [3.63, 3.8) is 0 Å². The van der Waals surface area contributed by atoms with Crippen molar-refractivity contribution in [2.24, 2.45) is 0 Å². The number of nitrogens with one attached hydrogen (secondary N) is 1. The van der Waals surface area contributed by atoms with E-state index >= 15 is 0 Å². The van der Waals surface area contributed by atoms with E-state index in [1.165, 1.54) is 24.3 Å². The highest BCUT2D eigenvalue weighted by Crippen LogP contribution is 2.28. The molecule has 1 N–H and O–H groups in total. The molecule has 0 radical (unpaired) electrons. The third-order valence-electron chi connectivity index (χ3n) is 2.87. The van der Waals surface area contributed by atoms with Gasteiger partial charge in [0.25, 0.3) is 0 Å². The van der Waals surface area contributed by atoms with Crippen LogP contribution in [0.25, 0.3) is 0 Å². The molecular formula is C15H13ClF3NO. The van der Waals surface area contributed by atoms with Crippen LogP contribution in [0, 0.1) is 5.82 Å². The van der Waals surface area contributed by atoms with Crippen molar-refractivity contribution >= 4 is 17.3 Å². The zero-order chi connectivity index (χ0) is 15.4. The van der Waals surface area contributed by atoms with Gasteiger partial charge in [-0.05, 0) is 36.8 Å². The molecule has 0 aliphatic carbocycles. The van der Waals surface area contributed by atoms with Crippen LogP contribution >= 0.6 is 11.6 Å². The van der Waals surface area contributed by atoms with Gasteiger partial charge in [-0.25, -0.2) is 4.39 Å². The van der Waals surface area contributed by atoms with Crippen molar-refractivity contribution < 1.29 is 17.9 Å². The van der Waals surface area contributed by atoms with Gasteiger partial charge in [-0.15, -0.1) is 0 Å². The highest BCUT2D eigenvalue weighted by atomic mass is 35.5. The van der Waals surface area contributed by atoms with Gasteiger partial charge in [0.1, 0.15) is 11.6 Å². The highest BCUT2D eigenvalue weighted by Gasteiger charge is 2.11. The number of ether oxygens (including phenoxy) is 1. The smallest absolute Gasteiger partial charge is 0.387 e. The molecule has 0 amide bonds. The molecule has 2 rings (SSSR count). The fourth-order valence-electron chi connectivity index (χ4n) is 1.94. The molecule has 21 heavy (non-hydrogen) atoms. The van der Waals surface area contributed by atoms with Crippen LogP contribution in [0.15, 0.2) is 42.5 Å². The van der Waals surface area contributed by atoms with Gasteiger partial charge in [-0.1, -0.05) is 23.7 Å². The molecule has 1 unspecified atom stereocenters. The first-order chi connectivity index (χ1) is 9.95. The molecule has 0 bridgehead atoms. The first-order valence-corrected chi connectivity index (χ1v) is 6.60. The lowest BCUT2D eigenvalue weighted by molar-refractivity contribution is -0.0498. The second kappa shape index (κ2) is 6.72. The third kappa shape index (κ3) is 4.29. The van der Waals surface area contributed by atoms with E-state index < -0.39 is 12.4 Å². The zero-order valence-corrected chi connectivity index (χ0v) is 11.9. The maximum atomic E-state index is 13.0. The van der Waals surface area contributed by atoms with Crippen LogP contribution in [0.1, 0.15) is 18.5 Å². The minimum Gasteiger partial charge on any atom is -0.435 e. The summed E-state index contributed by atoms with van der Waals surface area (Å²) in [5, 5.41) is 3.40. The van der Waals surface area contributed by atoms with Crippen LogP contribution in [0.3, 0.4) is 0 Å². The molecule has 0 aliphatic heterocycles. The van der Waals surface area contributed by atoms with Crippen LogP contribution in [0.2, 0.25) is 5.02 Å². The largest absolute Gasteiger partial charge is 0.435 e. The van der Waals surface area contributed by atoms with Gasteiger partial charge in [0.15, 0.2) is 0 Å². The van der Waals surface area contributed by atoms with Crippen molar-refractivity contribution in [1.82, 2.24) is 0 Å². The SMILES string of the molecule is CC(Nc1cccc(OC(F)F)c1)c1ccc(F)cc1Cl. The predicted molar refractivity (Wildman–Crippen MR) is 76.5 cm³/mol. The van der Waals surface area contributed by atoms with E-state index in [-0.39, 0.29) is 11.8 Å². The monoisotopic (exact) mass is 315 g/mol. The molecule has 6 heteroatoms. The number of alkyl halides is 2. The summed E-state index contributed by atoms with van der Waals surface area (Å²) in [6, 6.07) is 10.1. The number of hydrogen-bond acceptors (Lipinski definition) is 2. The summed E-state index contributed by atoms with van der Waals surface area (Å²) >= 11 is 5.99. The lowest BCUT2D eigenvalue weighted by Gasteiger charge is -2.17. The van der Waals surface area contributed by atoms with E-state index in [1.54, 1.807) is 18.2 Å². The molecule has 0 spiro atoms. The summed E-state index contributed by atoms with van der Waals surface area (Å²) in [6.07, 6.45) is 0. The summed E-state index contributed by atoms with van der Waals surface area (Å²) < 4.78 is 41.7. The van der Waals surface area contributed by atoms with E-state index in [0.29, 0.717) is 16.3 Å². The zero-order valence-electron chi connectivity index (χ0n) is 11.1. The maximum absolute atomic E-state index is 13.0. The lowest BCUT2D eigenvalue weighted by atomic mass is 10.1. The molecule has 2 aromatic rings. The van der Waals surface area contributed by atoms with E-state index in [9.17, 15) is 13.2 Å². The summed E-state index contributed by atoms with van der Waals surface area (Å²) in [4.78, 5) is 0. The Morgan fingerprint density at radius 1 is 1.14 bits per heavy atom. The first kappa shape index (κ1) is 15.5. The third-order valence-corrected chi connectivity index (χ3v) is 3.20. The van der Waals surface area contributed by atoms with Gasteiger partial charge in [0, 0.05) is 22.8 Å². The van der Waals surface area contributed by atoms with Crippen LogP contribution < -0.4 is 10.1 Å². The average Bonchev–Trinajstić information content (AvgIpc) is 2.37. The van der Waals surface area contributed by atoms with Crippen molar-refractivity contribution in [1.29, 1.82) is 0 Å². The summed E-state index contributed by atoms with van der Waals surface area (Å²) in [6.45, 7) is -1.04. The van der Waals surface area contributed by atoms with Crippen LogP contribution in [-0.4, -0.2) is 6.61 Å². The highest BCUT2D eigenvalue weighted by molar-refractivity contribution is 6.31. The van der Waals surface area contributed by atoms with Crippen molar-refractivity contribution in [2.75, 3.05) is 5.32 Å². The number of rotatable bonds is 5. The normalized spacial score (nSPS) is 12.3. The molecule has 112 valence electrons. The Kier molecular flexibility index (Phi) is 4.96. The minimum atomic E-state index is -2.87. The molecule has 0 saturated carbocycles. The predicted octanol–water partition coefficient (Wildman–Crippen LogP) is 5.25. The quantitative estimate of drug-likeness (QED) is 0.813. The van der Waals surface area contributed by atoms with Crippen molar-refractivity contribution in [2.45, 2.75) is 19.6 Å². The molecular weight excluding hydrogens is 303 g/mol. The summed E-state index contributed by atoms with van der Waals surface area (Å²) in [5.41, 5.74) is 1.30. The van der Waals surface area contributed by atoms with E-state index in [0.717, 1.165) is 0 Å². The van der Waals surface area contributed by atoms with Gasteiger partial charge in [0.2, 0.25) is 0 Å². The van der Waals surface area contributed by atoms with Gasteiger partial charge < -0.3 is 10.1 Å². The molecule has 0 aromatic heterocycles. The Labute approximate surface area is 125 Å². The lowest BCUT2D eigenvalue weighted by Crippen LogP contribution is -2.08. The Hall–Kier alpha value is -1.88. The standard InChI is InChI=1S/C15H13ClF3NO/c1-9(13-6-5-10(17)7-14(13)16)20-11-3-2-4-12(8-11)21-15(18)19/h2-9,15,20H,1H3. The Morgan fingerprint density at radius 2 is 1.90 bits per heavy atom. The number of halogens is 4. The second-order valence-electron chi connectivity index (χ2n) is 4.44. The second-order valence-corrected chi connectivity index (χ2v) is 4.85. The number of benzene rings is 2. The molecule has 0 fully saturated rings. The van der Waals surface area contributed by atoms with Crippen LogP contribution in [-0.2, 0) is 0 Å². The summed E-state index contributed by atoms with van der Waals surface area (Å²) in [5.74, 6) is -0.351. The van der Waals surface area contributed by atoms with E-state index in [2.05, 4.69) is 10.1 Å². The molecule has 2 aromatic carbocycles. The van der Waals surface area contributed by atoms with Gasteiger partial charge in [-0.2, -0.15) is 8.78 Å².